The lowest BCUT2D eigenvalue weighted by atomic mass is 10.1. The van der Waals surface area contributed by atoms with E-state index < -0.39 is 11.8 Å². The zero-order valence-corrected chi connectivity index (χ0v) is 17.9. The monoisotopic (exact) mass is 444 g/mol. The molecule has 0 fully saturated rings. The number of aryl methyl sites for hydroxylation is 1. The highest BCUT2D eigenvalue weighted by Crippen LogP contribution is 2.27. The maximum Gasteiger partial charge on any atom is 0.255 e. The first-order valence-corrected chi connectivity index (χ1v) is 9.97. The Hall–Kier alpha value is -4.59. The van der Waals surface area contributed by atoms with Crippen molar-refractivity contribution in [1.29, 1.82) is 0 Å². The molecule has 2 amide bonds. The predicted molar refractivity (Wildman–Crippen MR) is 123 cm³/mol. The van der Waals surface area contributed by atoms with E-state index in [0.717, 1.165) is 0 Å². The summed E-state index contributed by atoms with van der Waals surface area (Å²) < 4.78 is 16.7. The van der Waals surface area contributed by atoms with Gasteiger partial charge in [0.25, 0.3) is 11.8 Å². The number of nitrogens with one attached hydrogen (secondary N) is 1. The number of hydrogen-bond acceptors (Lipinski definition) is 6. The molecule has 3 aromatic carbocycles. The summed E-state index contributed by atoms with van der Waals surface area (Å²) >= 11 is 0. The highest BCUT2D eigenvalue weighted by molar-refractivity contribution is 6.08. The maximum atomic E-state index is 12.9. The minimum absolute atomic E-state index is 0.0558. The van der Waals surface area contributed by atoms with Crippen molar-refractivity contribution in [3.8, 4) is 17.2 Å². The van der Waals surface area contributed by atoms with E-state index >= 15 is 0 Å². The molecule has 4 aromatic rings. The minimum Gasteiger partial charge on any atom is -0.497 e. The number of para-hydroxylation sites is 1. The molecule has 33 heavy (non-hydrogen) atoms. The van der Waals surface area contributed by atoms with Gasteiger partial charge in [0.2, 0.25) is 11.2 Å². The van der Waals surface area contributed by atoms with Crippen LogP contribution in [0.2, 0.25) is 0 Å². The molecule has 4 rings (SSSR count). The topological polar surface area (TPSA) is 121 Å². The Balaban J connectivity index is 1.56. The number of carbonyl (C=O) groups excluding carboxylic acids is 2. The Kier molecular flexibility index (Phi) is 5.82. The van der Waals surface area contributed by atoms with Gasteiger partial charge in [0.05, 0.1) is 23.7 Å². The fraction of sp³-hybridized carbons (Fsp3) is 0.0800. The van der Waals surface area contributed by atoms with E-state index in [9.17, 15) is 14.4 Å². The van der Waals surface area contributed by atoms with Crippen LogP contribution >= 0.6 is 0 Å². The number of anilines is 1. The Labute approximate surface area is 188 Å². The first kappa shape index (κ1) is 21.6. The van der Waals surface area contributed by atoms with Crippen molar-refractivity contribution < 1.29 is 23.5 Å². The SMILES string of the molecule is COc1ccc2c(=O)c(Oc3ccc(C(=O)Nc4ccccc4C(N)=O)cc3)c(C)oc2c1. The largest absolute Gasteiger partial charge is 0.497 e. The number of primary amides is 1. The zero-order valence-electron chi connectivity index (χ0n) is 17.9. The Morgan fingerprint density at radius 1 is 0.970 bits per heavy atom. The summed E-state index contributed by atoms with van der Waals surface area (Å²) in [5, 5.41) is 3.03. The molecule has 0 saturated carbocycles. The van der Waals surface area contributed by atoms with Crippen molar-refractivity contribution in [2.45, 2.75) is 6.92 Å². The van der Waals surface area contributed by atoms with Gasteiger partial charge in [0.15, 0.2) is 0 Å². The van der Waals surface area contributed by atoms with Crippen LogP contribution in [0.3, 0.4) is 0 Å². The minimum atomic E-state index is -0.641. The maximum absolute atomic E-state index is 12.9. The quantitative estimate of drug-likeness (QED) is 0.459. The molecule has 0 spiro atoms. The lowest BCUT2D eigenvalue weighted by molar-refractivity contribution is 0.100. The summed E-state index contributed by atoms with van der Waals surface area (Å²) in [5.74, 6) is 0.229. The second-order valence-corrected chi connectivity index (χ2v) is 7.17. The van der Waals surface area contributed by atoms with Gasteiger partial charge in [0.1, 0.15) is 22.8 Å². The van der Waals surface area contributed by atoms with E-state index in [1.807, 2.05) is 0 Å². The van der Waals surface area contributed by atoms with E-state index in [0.29, 0.717) is 39.5 Å². The zero-order chi connectivity index (χ0) is 23.5. The molecule has 0 saturated heterocycles. The number of fused-ring (bicyclic) bond motifs is 1. The lowest BCUT2D eigenvalue weighted by Gasteiger charge is -2.11. The van der Waals surface area contributed by atoms with Gasteiger partial charge in [-0.3, -0.25) is 14.4 Å². The van der Waals surface area contributed by atoms with E-state index in [-0.39, 0.29) is 16.7 Å². The molecule has 0 atom stereocenters. The third kappa shape index (κ3) is 4.40. The summed E-state index contributed by atoms with van der Waals surface area (Å²) in [6.45, 7) is 1.63. The number of rotatable bonds is 6. The molecule has 8 nitrogen and oxygen atoms in total. The van der Waals surface area contributed by atoms with Crippen LogP contribution in [0.1, 0.15) is 26.5 Å². The number of ether oxygens (including phenoxy) is 2. The second-order valence-electron chi connectivity index (χ2n) is 7.17. The average molecular weight is 444 g/mol. The smallest absolute Gasteiger partial charge is 0.255 e. The Morgan fingerprint density at radius 3 is 2.36 bits per heavy atom. The number of amides is 2. The molecular formula is C25H20N2O6. The number of carbonyl (C=O) groups is 2. The van der Waals surface area contributed by atoms with Crippen LogP contribution in [0.4, 0.5) is 5.69 Å². The van der Waals surface area contributed by atoms with Gasteiger partial charge in [-0.2, -0.15) is 0 Å². The molecule has 0 radical (unpaired) electrons. The Morgan fingerprint density at radius 2 is 1.67 bits per heavy atom. The van der Waals surface area contributed by atoms with Gasteiger partial charge in [-0.25, -0.2) is 0 Å². The van der Waals surface area contributed by atoms with Gasteiger partial charge in [-0.1, -0.05) is 12.1 Å². The number of benzene rings is 3. The fourth-order valence-corrected chi connectivity index (χ4v) is 3.31. The molecule has 0 bridgehead atoms. The average Bonchev–Trinajstić information content (AvgIpc) is 2.82. The number of methoxy groups -OCH3 is 1. The molecule has 0 unspecified atom stereocenters. The molecule has 0 aliphatic carbocycles. The third-order valence-electron chi connectivity index (χ3n) is 5.00. The van der Waals surface area contributed by atoms with Crippen LogP contribution in [0, 0.1) is 6.92 Å². The standard InChI is InChI=1S/C25H20N2O6/c1-14-23(22(28)19-12-11-17(31-2)13-21(19)32-14)33-16-9-7-15(8-10-16)25(30)27-20-6-4-3-5-18(20)24(26)29/h3-13H,1-2H3,(H2,26,29)(H,27,30). The molecular weight excluding hydrogens is 424 g/mol. The van der Waals surface area contributed by atoms with E-state index in [2.05, 4.69) is 5.32 Å². The van der Waals surface area contributed by atoms with Gasteiger partial charge < -0.3 is 24.9 Å². The normalized spacial score (nSPS) is 10.6. The van der Waals surface area contributed by atoms with E-state index in [1.165, 1.54) is 13.2 Å². The molecule has 0 aliphatic rings. The van der Waals surface area contributed by atoms with Crippen molar-refractivity contribution in [3.05, 3.63) is 93.8 Å². The highest BCUT2D eigenvalue weighted by atomic mass is 16.5. The van der Waals surface area contributed by atoms with Gasteiger partial charge >= 0.3 is 0 Å². The summed E-state index contributed by atoms with van der Waals surface area (Å²) in [6, 6.07) is 17.6. The second kappa shape index (κ2) is 8.88. The van der Waals surface area contributed by atoms with Crippen LogP contribution in [0.25, 0.3) is 11.0 Å². The van der Waals surface area contributed by atoms with Crippen molar-refractivity contribution in [2.75, 3.05) is 12.4 Å². The van der Waals surface area contributed by atoms with Crippen molar-refractivity contribution in [1.82, 2.24) is 0 Å². The molecule has 8 heteroatoms. The van der Waals surface area contributed by atoms with Crippen molar-refractivity contribution in [2.24, 2.45) is 5.73 Å². The Bertz CT molecular complexity index is 1420. The lowest BCUT2D eigenvalue weighted by Crippen LogP contribution is -2.18. The van der Waals surface area contributed by atoms with Crippen LogP contribution in [-0.2, 0) is 0 Å². The first-order chi connectivity index (χ1) is 15.9. The molecule has 3 N–H and O–H groups in total. The van der Waals surface area contributed by atoms with Crippen LogP contribution in [0.15, 0.2) is 75.9 Å². The summed E-state index contributed by atoms with van der Waals surface area (Å²) in [5.41, 5.74) is 6.28. The molecule has 0 aliphatic heterocycles. The summed E-state index contributed by atoms with van der Waals surface area (Å²) in [7, 11) is 1.53. The molecule has 1 heterocycles. The predicted octanol–water partition coefficient (Wildman–Crippen LogP) is 4.25. The highest BCUT2D eigenvalue weighted by Gasteiger charge is 2.16. The van der Waals surface area contributed by atoms with E-state index in [1.54, 1.807) is 67.6 Å². The van der Waals surface area contributed by atoms with Crippen LogP contribution in [0.5, 0.6) is 17.2 Å². The van der Waals surface area contributed by atoms with E-state index in [4.69, 9.17) is 19.6 Å². The number of hydrogen-bond donors (Lipinski definition) is 2. The summed E-state index contributed by atoms with van der Waals surface area (Å²) in [6.07, 6.45) is 0. The summed E-state index contributed by atoms with van der Waals surface area (Å²) in [4.78, 5) is 37.0. The van der Waals surface area contributed by atoms with Gasteiger partial charge in [0, 0.05) is 11.6 Å². The van der Waals surface area contributed by atoms with Gasteiger partial charge in [-0.05, 0) is 55.5 Å². The fourth-order valence-electron chi connectivity index (χ4n) is 3.31. The van der Waals surface area contributed by atoms with Crippen molar-refractivity contribution >= 4 is 28.5 Å². The molecule has 1 aromatic heterocycles. The third-order valence-corrected chi connectivity index (χ3v) is 5.00. The van der Waals surface area contributed by atoms with Crippen LogP contribution in [-0.4, -0.2) is 18.9 Å². The molecule has 166 valence electrons. The number of nitrogens with two attached hydrogens (primary N) is 1. The van der Waals surface area contributed by atoms with Crippen LogP contribution < -0.4 is 26.0 Å². The first-order valence-electron chi connectivity index (χ1n) is 9.97. The van der Waals surface area contributed by atoms with Gasteiger partial charge in [-0.15, -0.1) is 0 Å². The van der Waals surface area contributed by atoms with Crippen molar-refractivity contribution in [3.63, 3.8) is 0 Å².